The summed E-state index contributed by atoms with van der Waals surface area (Å²) >= 11 is 0. The van der Waals surface area contributed by atoms with E-state index in [1.165, 1.54) is 6.26 Å². The van der Waals surface area contributed by atoms with Crippen LogP contribution in [0.3, 0.4) is 0 Å². The number of ether oxygens (including phenoxy) is 1. The summed E-state index contributed by atoms with van der Waals surface area (Å²) in [5.74, 6) is 1.23. The van der Waals surface area contributed by atoms with E-state index >= 15 is 0 Å². The fourth-order valence-corrected chi connectivity index (χ4v) is 5.16. The van der Waals surface area contributed by atoms with Crippen molar-refractivity contribution in [2.24, 2.45) is 13.0 Å². The second-order valence-corrected chi connectivity index (χ2v) is 10.4. The van der Waals surface area contributed by atoms with E-state index in [0.29, 0.717) is 30.1 Å². The summed E-state index contributed by atoms with van der Waals surface area (Å²) in [4.78, 5) is 47.4. The van der Waals surface area contributed by atoms with Gasteiger partial charge in [-0.3, -0.25) is 14.4 Å². The normalized spacial score (nSPS) is 14.7. The van der Waals surface area contributed by atoms with Gasteiger partial charge in [0.15, 0.2) is 5.78 Å². The van der Waals surface area contributed by atoms with E-state index in [2.05, 4.69) is 25.3 Å². The summed E-state index contributed by atoms with van der Waals surface area (Å²) in [6, 6.07) is 8.43. The van der Waals surface area contributed by atoms with Crippen molar-refractivity contribution in [2.75, 3.05) is 27.2 Å². The van der Waals surface area contributed by atoms with Gasteiger partial charge in [-0.1, -0.05) is 18.0 Å². The number of carbonyl (C=O) groups excluding carboxylic acids is 2. The number of aryl methyl sites for hydroxylation is 1. The molecule has 40 heavy (non-hydrogen) atoms. The average Bonchev–Trinajstić information content (AvgIpc) is 3.65. The fraction of sp³-hybridized carbons (Fsp3) is 0.414. The van der Waals surface area contributed by atoms with Crippen LogP contribution in [-0.2, 0) is 11.8 Å². The molecule has 11 heteroatoms. The minimum Gasteiger partial charge on any atom is -0.496 e. The Balaban J connectivity index is 1.31. The zero-order chi connectivity index (χ0) is 28.2. The number of rotatable bonds is 12. The van der Waals surface area contributed by atoms with Crippen LogP contribution in [0.25, 0.3) is 22.2 Å². The predicted molar refractivity (Wildman–Crippen MR) is 149 cm³/mol. The molecular weight excluding hydrogens is 512 g/mol. The number of amides is 1. The van der Waals surface area contributed by atoms with Crippen LogP contribution in [0.2, 0.25) is 0 Å². The maximum absolute atomic E-state index is 13.0. The molecule has 3 aromatic heterocycles. The Bertz CT molecular complexity index is 1550. The van der Waals surface area contributed by atoms with Gasteiger partial charge in [0.05, 0.1) is 36.5 Å². The van der Waals surface area contributed by atoms with E-state index in [0.717, 1.165) is 54.5 Å². The number of methoxy groups -OCH3 is 1. The number of nitrogens with zero attached hydrogens (tertiary/aromatic N) is 4. The summed E-state index contributed by atoms with van der Waals surface area (Å²) < 4.78 is 12.0. The van der Waals surface area contributed by atoms with Gasteiger partial charge in [-0.25, -0.2) is 4.98 Å². The number of ketones is 1. The van der Waals surface area contributed by atoms with Crippen LogP contribution in [0.1, 0.15) is 54.5 Å². The third-order valence-electron chi connectivity index (χ3n) is 7.53. The number of aromatic amines is 1. The Morgan fingerprint density at radius 2 is 2.00 bits per heavy atom. The molecule has 5 rings (SSSR count). The third-order valence-corrected chi connectivity index (χ3v) is 7.53. The zero-order valence-electron chi connectivity index (χ0n) is 23.0. The maximum Gasteiger partial charge on any atom is 0.250 e. The summed E-state index contributed by atoms with van der Waals surface area (Å²) in [5, 5.41) is 7.80. The van der Waals surface area contributed by atoms with E-state index < -0.39 is 0 Å². The number of aromatic nitrogens is 4. The van der Waals surface area contributed by atoms with Gasteiger partial charge in [0.1, 0.15) is 23.5 Å². The molecule has 0 saturated carbocycles. The van der Waals surface area contributed by atoms with Gasteiger partial charge in [0, 0.05) is 50.3 Å². The second-order valence-electron chi connectivity index (χ2n) is 10.4. The number of carbonyl (C=O) groups is 2. The van der Waals surface area contributed by atoms with Gasteiger partial charge in [-0.15, -0.1) is 0 Å². The molecule has 1 saturated heterocycles. The molecule has 4 aromatic rings. The van der Waals surface area contributed by atoms with Crippen molar-refractivity contribution in [1.29, 1.82) is 0 Å². The van der Waals surface area contributed by atoms with Gasteiger partial charge >= 0.3 is 0 Å². The van der Waals surface area contributed by atoms with Crippen molar-refractivity contribution in [3.8, 4) is 17.0 Å². The number of benzene rings is 1. The SMILES string of the molecule is COc1cc2c(ccc(=O)n2C)cc1-c1cnc(C(CCCCCC(=O)c2ccon2)NC(=O)C2CN(C)C2)[nH]1. The van der Waals surface area contributed by atoms with Crippen molar-refractivity contribution in [2.45, 2.75) is 38.1 Å². The topological polar surface area (TPSA) is 135 Å². The first kappa shape index (κ1) is 27.3. The van der Waals surface area contributed by atoms with Crippen LogP contribution >= 0.6 is 0 Å². The molecule has 210 valence electrons. The van der Waals surface area contributed by atoms with Crippen LogP contribution in [0.15, 0.2) is 52.1 Å². The minimum atomic E-state index is -0.300. The molecule has 0 radical (unpaired) electrons. The van der Waals surface area contributed by atoms with Gasteiger partial charge in [0.25, 0.3) is 5.56 Å². The zero-order valence-corrected chi connectivity index (χ0v) is 23.0. The largest absolute Gasteiger partial charge is 0.496 e. The smallest absolute Gasteiger partial charge is 0.250 e. The number of Topliss-reactive ketones (excluding diaryl/α,β-unsaturated/α-hetero) is 1. The van der Waals surface area contributed by atoms with E-state index in [1.807, 2.05) is 19.2 Å². The van der Waals surface area contributed by atoms with Crippen molar-refractivity contribution < 1.29 is 18.8 Å². The molecule has 2 N–H and O–H groups in total. The van der Waals surface area contributed by atoms with Crippen LogP contribution < -0.4 is 15.6 Å². The van der Waals surface area contributed by atoms with E-state index in [9.17, 15) is 14.4 Å². The number of unbranched alkanes of at least 4 members (excludes halogenated alkanes) is 2. The first-order chi connectivity index (χ1) is 19.3. The summed E-state index contributed by atoms with van der Waals surface area (Å²) in [6.45, 7) is 1.48. The van der Waals surface area contributed by atoms with Crippen molar-refractivity contribution in [3.63, 3.8) is 0 Å². The molecule has 1 amide bonds. The van der Waals surface area contributed by atoms with Crippen LogP contribution in [0, 0.1) is 5.92 Å². The molecule has 1 fully saturated rings. The first-order valence-corrected chi connectivity index (χ1v) is 13.5. The number of likely N-dealkylation sites (tertiary alicyclic amines) is 1. The summed E-state index contributed by atoms with van der Waals surface area (Å²) in [7, 11) is 5.32. The number of pyridine rings is 1. The molecule has 1 unspecified atom stereocenters. The molecule has 1 aliphatic rings. The standard InChI is InChI=1S/C29H34N6O5/c1-34-16-19(17-34)29(38)32-22(7-5-4-6-8-25(36)21-11-12-40-33-21)28-30-15-23(31-28)20-13-18-9-10-27(37)35(2)24(18)14-26(20)39-3/h9-15,19,22H,4-8,16-17H2,1-3H3,(H,30,31)(H,32,38). The maximum atomic E-state index is 13.0. The second kappa shape index (κ2) is 11.9. The molecule has 1 aromatic carbocycles. The van der Waals surface area contributed by atoms with Crippen molar-refractivity contribution in [3.05, 3.63) is 64.7 Å². The minimum absolute atomic E-state index is 0.0199. The number of hydrogen-bond acceptors (Lipinski definition) is 8. The highest BCUT2D eigenvalue weighted by Crippen LogP contribution is 2.34. The average molecular weight is 547 g/mol. The lowest BCUT2D eigenvalue weighted by Gasteiger charge is -2.35. The lowest BCUT2D eigenvalue weighted by molar-refractivity contribution is -0.130. The van der Waals surface area contributed by atoms with Crippen LogP contribution in [0.4, 0.5) is 0 Å². The monoisotopic (exact) mass is 546 g/mol. The molecule has 11 nitrogen and oxygen atoms in total. The number of imidazole rings is 1. The highest BCUT2D eigenvalue weighted by Gasteiger charge is 2.32. The molecule has 1 aliphatic heterocycles. The van der Waals surface area contributed by atoms with E-state index in [4.69, 9.17) is 9.26 Å². The lowest BCUT2D eigenvalue weighted by Crippen LogP contribution is -2.52. The summed E-state index contributed by atoms with van der Waals surface area (Å²) in [5.41, 5.74) is 2.59. The number of hydrogen-bond donors (Lipinski definition) is 2. The van der Waals surface area contributed by atoms with Gasteiger partial charge in [-0.2, -0.15) is 0 Å². The molecular formula is C29H34N6O5. The highest BCUT2D eigenvalue weighted by molar-refractivity contribution is 5.93. The van der Waals surface area contributed by atoms with Crippen molar-refractivity contribution >= 4 is 22.6 Å². The van der Waals surface area contributed by atoms with Gasteiger partial charge < -0.3 is 29.0 Å². The van der Waals surface area contributed by atoms with Gasteiger partial charge in [-0.05, 0) is 37.4 Å². The van der Waals surface area contributed by atoms with Gasteiger partial charge in [0.2, 0.25) is 5.91 Å². The fourth-order valence-electron chi connectivity index (χ4n) is 5.16. The summed E-state index contributed by atoms with van der Waals surface area (Å²) in [6.07, 6.45) is 6.58. The Kier molecular flexibility index (Phi) is 8.11. The Morgan fingerprint density at radius 1 is 1.18 bits per heavy atom. The van der Waals surface area contributed by atoms with Crippen LogP contribution in [0.5, 0.6) is 5.75 Å². The highest BCUT2D eigenvalue weighted by atomic mass is 16.5. The Morgan fingerprint density at radius 3 is 2.73 bits per heavy atom. The molecule has 0 spiro atoms. The molecule has 0 bridgehead atoms. The number of nitrogens with one attached hydrogen (secondary N) is 2. The lowest BCUT2D eigenvalue weighted by atomic mass is 9.98. The van der Waals surface area contributed by atoms with E-state index in [1.54, 1.807) is 43.1 Å². The van der Waals surface area contributed by atoms with E-state index in [-0.39, 0.29) is 29.2 Å². The first-order valence-electron chi connectivity index (χ1n) is 13.5. The third kappa shape index (κ3) is 5.84. The Hall–Kier alpha value is -4.25. The molecule has 1 atom stereocenters. The predicted octanol–water partition coefficient (Wildman–Crippen LogP) is 3.48. The van der Waals surface area contributed by atoms with Crippen molar-refractivity contribution in [1.82, 2.24) is 29.9 Å². The number of fused-ring (bicyclic) bond motifs is 1. The number of H-pyrrole nitrogens is 1. The quantitative estimate of drug-likeness (QED) is 0.204. The Labute approximate surface area is 231 Å². The molecule has 0 aliphatic carbocycles. The van der Waals surface area contributed by atoms with Crippen LogP contribution in [-0.4, -0.2) is 63.5 Å². The molecule has 4 heterocycles.